The molecular weight excluding hydrogens is 390 g/mol. The maximum absolute atomic E-state index is 12.9. The predicted octanol–water partition coefficient (Wildman–Crippen LogP) is 1.99. The molecule has 2 aromatic heterocycles. The minimum Gasteiger partial charge on any atom is -0.399 e. The Kier molecular flexibility index (Phi) is 5.16. The smallest absolute Gasteiger partial charge is 0.256 e. The topological polar surface area (TPSA) is 127 Å². The van der Waals surface area contributed by atoms with E-state index in [4.69, 9.17) is 5.73 Å². The molecule has 4 rings (SSSR count). The van der Waals surface area contributed by atoms with Crippen LogP contribution in [0.2, 0.25) is 0 Å². The lowest BCUT2D eigenvalue weighted by molar-refractivity contribution is 0.102. The van der Waals surface area contributed by atoms with Gasteiger partial charge >= 0.3 is 0 Å². The second kappa shape index (κ2) is 7.76. The summed E-state index contributed by atoms with van der Waals surface area (Å²) in [7, 11) is -3.51. The molecule has 0 bridgehead atoms. The lowest BCUT2D eigenvalue weighted by Crippen LogP contribution is -2.36. The van der Waals surface area contributed by atoms with Gasteiger partial charge in [0.1, 0.15) is 5.82 Å². The summed E-state index contributed by atoms with van der Waals surface area (Å²) in [4.78, 5) is 21.0. The second-order valence-corrected chi connectivity index (χ2v) is 9.16. The zero-order valence-corrected chi connectivity index (χ0v) is 16.4. The molecule has 3 aromatic rings. The van der Waals surface area contributed by atoms with E-state index in [0.717, 1.165) is 0 Å². The molecule has 1 saturated heterocycles. The first-order valence-corrected chi connectivity index (χ1v) is 10.9. The van der Waals surface area contributed by atoms with E-state index >= 15 is 0 Å². The number of fused-ring (bicyclic) bond motifs is 1. The molecule has 29 heavy (non-hydrogen) atoms. The minimum absolute atomic E-state index is 0.0520. The summed E-state index contributed by atoms with van der Waals surface area (Å²) in [6.07, 6.45) is 2.69. The highest BCUT2D eigenvalue weighted by atomic mass is 32.2. The summed E-state index contributed by atoms with van der Waals surface area (Å²) in [5.74, 6) is -0.0727. The van der Waals surface area contributed by atoms with Crippen LogP contribution in [0.3, 0.4) is 0 Å². The molecular formula is C20H21N5O3S. The molecule has 0 radical (unpaired) electrons. The lowest BCUT2D eigenvalue weighted by Gasteiger charge is -2.22. The van der Waals surface area contributed by atoms with Crippen molar-refractivity contribution in [1.29, 1.82) is 0 Å². The SMILES string of the molecule is Nc1cccc(C(=O)Nc2cc3nc(S(=O)(=O)C4CCNCC4)ccc3cn2)c1. The van der Waals surface area contributed by atoms with E-state index in [1.807, 2.05) is 0 Å². The number of anilines is 2. The Morgan fingerprint density at radius 2 is 1.93 bits per heavy atom. The van der Waals surface area contributed by atoms with Gasteiger partial charge in [-0.2, -0.15) is 0 Å². The molecule has 1 fully saturated rings. The Morgan fingerprint density at radius 3 is 2.69 bits per heavy atom. The highest BCUT2D eigenvalue weighted by molar-refractivity contribution is 7.92. The number of amides is 1. The van der Waals surface area contributed by atoms with E-state index in [0.29, 0.717) is 48.1 Å². The number of aromatic nitrogens is 2. The third-order valence-corrected chi connectivity index (χ3v) is 7.11. The Balaban J connectivity index is 1.62. The monoisotopic (exact) mass is 411 g/mol. The number of carbonyl (C=O) groups is 1. The van der Waals surface area contributed by atoms with E-state index in [1.165, 1.54) is 6.07 Å². The van der Waals surface area contributed by atoms with Gasteiger partial charge in [-0.1, -0.05) is 6.07 Å². The number of carbonyl (C=O) groups excluding carboxylic acids is 1. The fraction of sp³-hybridized carbons (Fsp3) is 0.250. The maximum Gasteiger partial charge on any atom is 0.256 e. The van der Waals surface area contributed by atoms with Gasteiger partial charge in [0.25, 0.3) is 5.91 Å². The van der Waals surface area contributed by atoms with Crippen molar-refractivity contribution >= 4 is 38.2 Å². The zero-order chi connectivity index (χ0) is 20.4. The van der Waals surface area contributed by atoms with Gasteiger partial charge in [0, 0.05) is 28.9 Å². The van der Waals surface area contributed by atoms with Crippen LogP contribution < -0.4 is 16.4 Å². The molecule has 0 unspecified atom stereocenters. The largest absolute Gasteiger partial charge is 0.399 e. The zero-order valence-electron chi connectivity index (χ0n) is 15.6. The number of pyridine rings is 2. The quantitative estimate of drug-likeness (QED) is 0.560. The van der Waals surface area contributed by atoms with Crippen molar-refractivity contribution in [3.05, 3.63) is 54.2 Å². The Labute approximate surface area is 168 Å². The summed E-state index contributed by atoms with van der Waals surface area (Å²) in [6.45, 7) is 1.36. The van der Waals surface area contributed by atoms with Crippen LogP contribution in [0.5, 0.6) is 0 Å². The molecule has 0 aliphatic carbocycles. The van der Waals surface area contributed by atoms with E-state index in [-0.39, 0.29) is 16.8 Å². The van der Waals surface area contributed by atoms with Gasteiger partial charge in [0.05, 0.1) is 10.8 Å². The van der Waals surface area contributed by atoms with Gasteiger partial charge in [-0.3, -0.25) is 4.79 Å². The molecule has 1 amide bonds. The summed E-state index contributed by atoms with van der Waals surface area (Å²) >= 11 is 0. The average molecular weight is 411 g/mol. The number of nitrogens with zero attached hydrogens (tertiary/aromatic N) is 2. The van der Waals surface area contributed by atoms with Crippen molar-refractivity contribution in [3.8, 4) is 0 Å². The fourth-order valence-electron chi connectivity index (χ4n) is 3.37. The summed E-state index contributed by atoms with van der Waals surface area (Å²) < 4.78 is 25.8. The van der Waals surface area contributed by atoms with Crippen LogP contribution in [0.1, 0.15) is 23.2 Å². The van der Waals surface area contributed by atoms with E-state index in [2.05, 4.69) is 20.6 Å². The second-order valence-electron chi connectivity index (χ2n) is 6.99. The highest BCUT2D eigenvalue weighted by Gasteiger charge is 2.30. The number of nitrogens with one attached hydrogen (secondary N) is 2. The van der Waals surface area contributed by atoms with E-state index < -0.39 is 15.1 Å². The van der Waals surface area contributed by atoms with Crippen LogP contribution in [0.4, 0.5) is 11.5 Å². The first-order chi connectivity index (χ1) is 13.9. The van der Waals surface area contributed by atoms with Gasteiger partial charge in [0.15, 0.2) is 14.9 Å². The lowest BCUT2D eigenvalue weighted by atomic mass is 10.2. The van der Waals surface area contributed by atoms with Crippen LogP contribution in [0.25, 0.3) is 10.9 Å². The molecule has 3 heterocycles. The van der Waals surface area contributed by atoms with Gasteiger partial charge in [-0.25, -0.2) is 18.4 Å². The number of sulfone groups is 1. The first-order valence-electron chi connectivity index (χ1n) is 9.32. The molecule has 1 aliphatic heterocycles. The number of piperidine rings is 1. The van der Waals surface area contributed by atoms with E-state index in [1.54, 1.807) is 42.6 Å². The fourth-order valence-corrected chi connectivity index (χ4v) is 5.05. The third kappa shape index (κ3) is 4.06. The molecule has 0 spiro atoms. The molecule has 0 atom stereocenters. The molecule has 8 nitrogen and oxygen atoms in total. The standard InChI is InChI=1S/C20H21N5O3S/c21-15-3-1-2-13(10-15)20(26)25-18-11-17-14(12-23-18)4-5-19(24-17)29(27,28)16-6-8-22-9-7-16/h1-5,10-12,16,22H,6-9,21H2,(H,23,25,26). The van der Waals surface area contributed by atoms with Crippen molar-refractivity contribution in [3.63, 3.8) is 0 Å². The molecule has 0 saturated carbocycles. The number of nitrogen functional groups attached to an aromatic ring is 1. The van der Waals surface area contributed by atoms with Gasteiger partial charge in [0.2, 0.25) is 0 Å². The van der Waals surface area contributed by atoms with Crippen LogP contribution in [-0.2, 0) is 9.84 Å². The van der Waals surface area contributed by atoms with Crippen LogP contribution >= 0.6 is 0 Å². The molecule has 9 heteroatoms. The summed E-state index contributed by atoms with van der Waals surface area (Å²) in [5, 5.41) is 6.18. The van der Waals surface area contributed by atoms with Crippen molar-refractivity contribution in [2.45, 2.75) is 23.1 Å². The van der Waals surface area contributed by atoms with Crippen molar-refractivity contribution in [2.24, 2.45) is 0 Å². The number of hydrogen-bond acceptors (Lipinski definition) is 7. The van der Waals surface area contributed by atoms with Crippen molar-refractivity contribution in [2.75, 3.05) is 24.1 Å². The number of benzene rings is 1. The maximum atomic E-state index is 12.9. The normalized spacial score (nSPS) is 15.3. The highest BCUT2D eigenvalue weighted by Crippen LogP contribution is 2.24. The van der Waals surface area contributed by atoms with Crippen molar-refractivity contribution < 1.29 is 13.2 Å². The molecule has 1 aliphatic rings. The van der Waals surface area contributed by atoms with E-state index in [9.17, 15) is 13.2 Å². The molecule has 4 N–H and O–H groups in total. The molecule has 1 aromatic carbocycles. The third-order valence-electron chi connectivity index (χ3n) is 4.95. The Hall–Kier alpha value is -3.04. The first kappa shape index (κ1) is 19.3. The van der Waals surface area contributed by atoms with Crippen molar-refractivity contribution in [1.82, 2.24) is 15.3 Å². The van der Waals surface area contributed by atoms with Gasteiger partial charge < -0.3 is 16.4 Å². The predicted molar refractivity (Wildman–Crippen MR) is 111 cm³/mol. The van der Waals surface area contributed by atoms with Crippen LogP contribution in [0.15, 0.2) is 53.7 Å². The van der Waals surface area contributed by atoms with Gasteiger partial charge in [-0.05, 0) is 56.3 Å². The van der Waals surface area contributed by atoms with Gasteiger partial charge in [-0.15, -0.1) is 0 Å². The van der Waals surface area contributed by atoms with Crippen LogP contribution in [0, 0.1) is 0 Å². The minimum atomic E-state index is -3.51. The number of hydrogen-bond donors (Lipinski definition) is 3. The Bertz CT molecular complexity index is 1170. The summed E-state index contributed by atoms with van der Waals surface area (Å²) in [5.41, 5.74) is 7.06. The summed E-state index contributed by atoms with van der Waals surface area (Å²) in [6, 6.07) is 11.4. The number of nitrogens with two attached hydrogens (primary N) is 1. The molecule has 150 valence electrons. The Morgan fingerprint density at radius 1 is 1.14 bits per heavy atom. The average Bonchev–Trinajstić information content (AvgIpc) is 2.74. The number of rotatable bonds is 4. The van der Waals surface area contributed by atoms with Crippen LogP contribution in [-0.4, -0.2) is 42.6 Å².